The fourth-order valence-electron chi connectivity index (χ4n) is 3.43. The molecule has 0 unspecified atom stereocenters. The molecule has 6 heteroatoms. The van der Waals surface area contributed by atoms with E-state index in [1.807, 2.05) is 30.5 Å². The smallest absolute Gasteiger partial charge is 0.293 e. The highest BCUT2D eigenvalue weighted by atomic mass is 32.2. The first kappa shape index (κ1) is 19.5. The zero-order valence-corrected chi connectivity index (χ0v) is 17.2. The number of fused-ring (bicyclic) bond motifs is 1. The highest BCUT2D eigenvalue weighted by Crippen LogP contribution is 2.34. The molecule has 1 aliphatic rings. The number of hydrogen-bond donors (Lipinski definition) is 0. The van der Waals surface area contributed by atoms with Crippen molar-refractivity contribution in [3.8, 4) is 0 Å². The summed E-state index contributed by atoms with van der Waals surface area (Å²) < 4.78 is 7.18. The summed E-state index contributed by atoms with van der Waals surface area (Å²) in [5.74, 6) is -0.257. The number of thioether (sulfide) groups is 1. The number of aryl methyl sites for hydroxylation is 1. The van der Waals surface area contributed by atoms with E-state index in [9.17, 15) is 9.59 Å². The third kappa shape index (κ3) is 3.99. The number of amides is 2. The van der Waals surface area contributed by atoms with Crippen LogP contribution in [0.3, 0.4) is 0 Å². The Morgan fingerprint density at radius 2 is 1.83 bits per heavy atom. The molecular weight excluding hydrogens is 384 g/mol. The van der Waals surface area contributed by atoms with Gasteiger partial charge in [0.15, 0.2) is 0 Å². The summed E-state index contributed by atoms with van der Waals surface area (Å²) in [5.41, 5.74) is 4.47. The van der Waals surface area contributed by atoms with Gasteiger partial charge in [0.05, 0.1) is 18.1 Å². The van der Waals surface area contributed by atoms with E-state index in [2.05, 4.69) is 41.8 Å². The molecule has 0 radical (unpaired) electrons. The lowest BCUT2D eigenvalue weighted by Gasteiger charge is -2.10. The van der Waals surface area contributed by atoms with Crippen LogP contribution in [0.15, 0.2) is 59.6 Å². The fourth-order valence-corrected chi connectivity index (χ4v) is 4.28. The molecule has 1 aromatic heterocycles. The Labute approximate surface area is 173 Å². The SMILES string of the molecule is COCCN1C(=O)S/C(=C/c2cn(Cc3ccc(C)cc3)c3ccccc23)C1=O. The summed E-state index contributed by atoms with van der Waals surface area (Å²) in [6.07, 6.45) is 3.87. The van der Waals surface area contributed by atoms with Crippen LogP contribution in [0.4, 0.5) is 4.79 Å². The van der Waals surface area contributed by atoms with Crippen LogP contribution in [0, 0.1) is 6.92 Å². The van der Waals surface area contributed by atoms with Crippen molar-refractivity contribution >= 4 is 39.9 Å². The molecule has 3 aromatic rings. The Bertz CT molecular complexity index is 1100. The minimum absolute atomic E-state index is 0.248. The van der Waals surface area contributed by atoms with Crippen molar-refractivity contribution in [2.45, 2.75) is 13.5 Å². The van der Waals surface area contributed by atoms with Crippen LogP contribution >= 0.6 is 11.8 Å². The first-order chi connectivity index (χ1) is 14.1. The normalized spacial score (nSPS) is 15.8. The summed E-state index contributed by atoms with van der Waals surface area (Å²) in [6, 6.07) is 16.6. The molecule has 0 bridgehead atoms. The minimum atomic E-state index is -0.257. The maximum absolute atomic E-state index is 12.6. The third-order valence-electron chi connectivity index (χ3n) is 4.97. The van der Waals surface area contributed by atoms with Crippen molar-refractivity contribution in [2.24, 2.45) is 0 Å². The van der Waals surface area contributed by atoms with E-state index < -0.39 is 0 Å². The van der Waals surface area contributed by atoms with Crippen molar-refractivity contribution in [3.63, 3.8) is 0 Å². The molecule has 4 rings (SSSR count). The van der Waals surface area contributed by atoms with E-state index in [0.717, 1.165) is 34.8 Å². The Hall–Kier alpha value is -2.83. The quantitative estimate of drug-likeness (QED) is 0.558. The number of ether oxygens (including phenoxy) is 1. The van der Waals surface area contributed by atoms with Crippen LogP contribution in [0.2, 0.25) is 0 Å². The number of rotatable bonds is 6. The Morgan fingerprint density at radius 3 is 2.59 bits per heavy atom. The molecular formula is C23H22N2O3S. The van der Waals surface area contributed by atoms with Crippen molar-refractivity contribution < 1.29 is 14.3 Å². The minimum Gasteiger partial charge on any atom is -0.383 e. The van der Waals surface area contributed by atoms with Crippen molar-refractivity contribution in [2.75, 3.05) is 20.3 Å². The van der Waals surface area contributed by atoms with Gasteiger partial charge in [-0.1, -0.05) is 48.0 Å². The van der Waals surface area contributed by atoms with Gasteiger partial charge in [-0.3, -0.25) is 14.5 Å². The molecule has 0 N–H and O–H groups in total. The Kier molecular flexibility index (Phi) is 5.56. The lowest BCUT2D eigenvalue weighted by atomic mass is 10.1. The van der Waals surface area contributed by atoms with E-state index in [0.29, 0.717) is 11.5 Å². The number of para-hydroxylation sites is 1. The molecule has 1 fully saturated rings. The van der Waals surface area contributed by atoms with Gasteiger partial charge in [-0.05, 0) is 36.4 Å². The van der Waals surface area contributed by atoms with Gasteiger partial charge in [0.25, 0.3) is 11.1 Å². The lowest BCUT2D eigenvalue weighted by Crippen LogP contribution is -2.31. The van der Waals surface area contributed by atoms with Crippen LogP contribution in [-0.4, -0.2) is 40.9 Å². The molecule has 0 atom stereocenters. The molecule has 0 aliphatic carbocycles. The first-order valence-corrected chi connectivity index (χ1v) is 10.3. The monoisotopic (exact) mass is 406 g/mol. The van der Waals surface area contributed by atoms with Crippen LogP contribution < -0.4 is 0 Å². The zero-order chi connectivity index (χ0) is 20.4. The fraction of sp³-hybridized carbons (Fsp3) is 0.217. The van der Waals surface area contributed by atoms with Gasteiger partial charge in [0, 0.05) is 36.3 Å². The van der Waals surface area contributed by atoms with E-state index >= 15 is 0 Å². The second-order valence-corrected chi connectivity index (χ2v) is 8.03. The Balaban J connectivity index is 1.68. The van der Waals surface area contributed by atoms with E-state index in [-0.39, 0.29) is 17.7 Å². The third-order valence-corrected chi connectivity index (χ3v) is 5.88. The van der Waals surface area contributed by atoms with Gasteiger partial charge in [-0.25, -0.2) is 0 Å². The summed E-state index contributed by atoms with van der Waals surface area (Å²) in [7, 11) is 1.55. The van der Waals surface area contributed by atoms with Crippen molar-refractivity contribution in [1.29, 1.82) is 0 Å². The standard InChI is InChI=1S/C23H22N2O3S/c1-16-7-9-17(10-8-16)14-24-15-18(19-5-3-4-6-20(19)24)13-21-22(26)25(11-12-28-2)23(27)29-21/h3-10,13,15H,11-12,14H2,1-2H3/b21-13+. The number of nitrogens with zero attached hydrogens (tertiary/aromatic N) is 2. The first-order valence-electron chi connectivity index (χ1n) is 9.44. The zero-order valence-electron chi connectivity index (χ0n) is 16.4. The van der Waals surface area contributed by atoms with Gasteiger partial charge >= 0.3 is 0 Å². The van der Waals surface area contributed by atoms with Crippen LogP contribution in [0.1, 0.15) is 16.7 Å². The largest absolute Gasteiger partial charge is 0.383 e. The van der Waals surface area contributed by atoms with Gasteiger partial charge in [0.1, 0.15) is 0 Å². The summed E-state index contributed by atoms with van der Waals surface area (Å²) in [5, 5.41) is 0.810. The average molecular weight is 407 g/mol. The van der Waals surface area contributed by atoms with E-state index in [4.69, 9.17) is 4.74 Å². The molecule has 1 saturated heterocycles. The second-order valence-electron chi connectivity index (χ2n) is 7.04. The maximum Gasteiger partial charge on any atom is 0.293 e. The maximum atomic E-state index is 12.6. The number of carbonyl (C=O) groups excluding carboxylic acids is 2. The van der Waals surface area contributed by atoms with Gasteiger partial charge in [0.2, 0.25) is 0 Å². The molecule has 29 heavy (non-hydrogen) atoms. The summed E-state index contributed by atoms with van der Waals surface area (Å²) in [4.78, 5) is 26.5. The summed E-state index contributed by atoms with van der Waals surface area (Å²) >= 11 is 0.984. The van der Waals surface area contributed by atoms with Crippen LogP contribution in [0.5, 0.6) is 0 Å². The predicted octanol–water partition coefficient (Wildman–Crippen LogP) is 4.68. The average Bonchev–Trinajstić information content (AvgIpc) is 3.19. The van der Waals surface area contributed by atoms with Gasteiger partial charge < -0.3 is 9.30 Å². The molecule has 1 aliphatic heterocycles. The molecule has 2 aromatic carbocycles. The van der Waals surface area contributed by atoms with Gasteiger partial charge in [-0.15, -0.1) is 0 Å². The van der Waals surface area contributed by atoms with Gasteiger partial charge in [-0.2, -0.15) is 0 Å². The number of carbonyl (C=O) groups is 2. The van der Waals surface area contributed by atoms with E-state index in [1.54, 1.807) is 7.11 Å². The highest BCUT2D eigenvalue weighted by molar-refractivity contribution is 8.18. The topological polar surface area (TPSA) is 51.5 Å². The van der Waals surface area contributed by atoms with Crippen molar-refractivity contribution in [3.05, 3.63) is 76.3 Å². The Morgan fingerprint density at radius 1 is 1.07 bits per heavy atom. The molecule has 2 heterocycles. The number of imide groups is 1. The number of hydrogen-bond acceptors (Lipinski definition) is 4. The molecule has 0 saturated carbocycles. The summed E-state index contributed by atoms with van der Waals surface area (Å²) in [6.45, 7) is 3.42. The van der Waals surface area contributed by atoms with Crippen LogP contribution in [-0.2, 0) is 16.1 Å². The highest BCUT2D eigenvalue weighted by Gasteiger charge is 2.34. The molecule has 5 nitrogen and oxygen atoms in total. The second kappa shape index (κ2) is 8.27. The van der Waals surface area contributed by atoms with E-state index in [1.165, 1.54) is 16.0 Å². The van der Waals surface area contributed by atoms with Crippen LogP contribution in [0.25, 0.3) is 17.0 Å². The lowest BCUT2D eigenvalue weighted by molar-refractivity contribution is -0.123. The number of benzene rings is 2. The van der Waals surface area contributed by atoms with Crippen molar-refractivity contribution in [1.82, 2.24) is 9.47 Å². The molecule has 148 valence electrons. The number of aromatic nitrogens is 1. The molecule has 0 spiro atoms. The predicted molar refractivity (Wildman–Crippen MR) is 117 cm³/mol. The number of methoxy groups -OCH3 is 1. The molecule has 2 amide bonds.